The summed E-state index contributed by atoms with van der Waals surface area (Å²) in [6.45, 7) is 2.17. The molecule has 2 aromatic rings. The zero-order valence-electron chi connectivity index (χ0n) is 13.3. The molecule has 24 heavy (non-hydrogen) atoms. The van der Waals surface area contributed by atoms with Gasteiger partial charge >= 0.3 is 11.8 Å². The number of rotatable bonds is 5. The largest absolute Gasteiger partial charge is 0.392 e. The van der Waals surface area contributed by atoms with Gasteiger partial charge < -0.3 is 15.7 Å². The van der Waals surface area contributed by atoms with E-state index in [9.17, 15) is 9.59 Å². The molecule has 2 amide bonds. The van der Waals surface area contributed by atoms with Crippen LogP contribution >= 0.6 is 11.6 Å². The Labute approximate surface area is 145 Å². The topological polar surface area (TPSA) is 78.4 Å². The van der Waals surface area contributed by atoms with E-state index in [1.807, 2.05) is 31.2 Å². The van der Waals surface area contributed by atoms with Crippen molar-refractivity contribution in [3.8, 4) is 0 Å². The maximum Gasteiger partial charge on any atom is 0.313 e. The maximum absolute atomic E-state index is 11.9. The van der Waals surface area contributed by atoms with Crippen LogP contribution in [0.5, 0.6) is 0 Å². The lowest BCUT2D eigenvalue weighted by molar-refractivity contribution is -0.136. The van der Waals surface area contributed by atoms with E-state index in [0.717, 1.165) is 16.7 Å². The van der Waals surface area contributed by atoms with Gasteiger partial charge in [-0.3, -0.25) is 9.59 Å². The predicted molar refractivity (Wildman–Crippen MR) is 93.9 cm³/mol. The molecule has 0 saturated carbocycles. The summed E-state index contributed by atoms with van der Waals surface area (Å²) in [5.41, 5.74) is 3.18. The normalized spacial score (nSPS) is 10.3. The number of aryl methyl sites for hydroxylation is 1. The first-order valence-corrected chi connectivity index (χ1v) is 7.91. The van der Waals surface area contributed by atoms with E-state index in [-0.39, 0.29) is 6.61 Å². The third-order valence-electron chi connectivity index (χ3n) is 3.56. The fraction of sp³-hybridized carbons (Fsp3) is 0.222. The summed E-state index contributed by atoms with van der Waals surface area (Å²) in [7, 11) is 0. The van der Waals surface area contributed by atoms with Crippen molar-refractivity contribution in [3.63, 3.8) is 0 Å². The lowest BCUT2D eigenvalue weighted by Gasteiger charge is -2.09. The number of anilines is 1. The number of amides is 2. The van der Waals surface area contributed by atoms with Crippen LogP contribution in [0.15, 0.2) is 42.5 Å². The molecule has 0 aliphatic heterocycles. The molecule has 0 saturated heterocycles. The van der Waals surface area contributed by atoms with E-state index in [2.05, 4.69) is 10.6 Å². The molecular weight excluding hydrogens is 328 g/mol. The Morgan fingerprint density at radius 2 is 1.71 bits per heavy atom. The SMILES string of the molecule is Cc1ccc(Cl)cc1NC(=O)C(=O)NCCc1ccc(CO)cc1. The van der Waals surface area contributed by atoms with Crippen LogP contribution < -0.4 is 10.6 Å². The summed E-state index contributed by atoms with van der Waals surface area (Å²) in [5.74, 6) is -1.42. The number of halogens is 1. The third-order valence-corrected chi connectivity index (χ3v) is 3.79. The van der Waals surface area contributed by atoms with Crippen molar-refractivity contribution in [1.82, 2.24) is 5.32 Å². The summed E-state index contributed by atoms with van der Waals surface area (Å²) in [6, 6.07) is 12.5. The van der Waals surface area contributed by atoms with Crippen LogP contribution in [0, 0.1) is 6.92 Å². The van der Waals surface area contributed by atoms with Crippen LogP contribution in [0.2, 0.25) is 5.02 Å². The second-order valence-electron chi connectivity index (χ2n) is 5.39. The van der Waals surface area contributed by atoms with E-state index in [0.29, 0.717) is 23.7 Å². The molecule has 0 unspecified atom stereocenters. The third kappa shape index (κ3) is 5.08. The molecule has 3 N–H and O–H groups in total. The number of hydrogen-bond donors (Lipinski definition) is 3. The number of benzene rings is 2. The van der Waals surface area contributed by atoms with Gasteiger partial charge in [0.25, 0.3) is 0 Å². The van der Waals surface area contributed by atoms with Crippen LogP contribution in [0.3, 0.4) is 0 Å². The van der Waals surface area contributed by atoms with Crippen molar-refractivity contribution in [3.05, 3.63) is 64.2 Å². The van der Waals surface area contributed by atoms with Crippen molar-refractivity contribution >= 4 is 29.1 Å². The van der Waals surface area contributed by atoms with Crippen molar-refractivity contribution < 1.29 is 14.7 Å². The van der Waals surface area contributed by atoms with Gasteiger partial charge in [-0.15, -0.1) is 0 Å². The average molecular weight is 347 g/mol. The molecule has 126 valence electrons. The number of aliphatic hydroxyl groups excluding tert-OH is 1. The van der Waals surface area contributed by atoms with E-state index in [1.165, 1.54) is 0 Å². The van der Waals surface area contributed by atoms with Crippen LogP contribution in [-0.4, -0.2) is 23.5 Å². The molecule has 0 aromatic heterocycles. The van der Waals surface area contributed by atoms with Crippen LogP contribution in [0.1, 0.15) is 16.7 Å². The minimum absolute atomic E-state index is 0.000106. The van der Waals surface area contributed by atoms with E-state index in [1.54, 1.807) is 18.2 Å². The molecule has 0 aliphatic rings. The Morgan fingerprint density at radius 3 is 2.38 bits per heavy atom. The van der Waals surface area contributed by atoms with Crippen LogP contribution in [0.25, 0.3) is 0 Å². The van der Waals surface area contributed by atoms with Crippen LogP contribution in [0.4, 0.5) is 5.69 Å². The molecule has 2 rings (SSSR count). The Hall–Kier alpha value is -2.37. The Balaban J connectivity index is 1.83. The Bertz CT molecular complexity index is 730. The van der Waals surface area contributed by atoms with E-state index in [4.69, 9.17) is 16.7 Å². The van der Waals surface area contributed by atoms with E-state index >= 15 is 0 Å². The first-order chi connectivity index (χ1) is 11.5. The number of carbonyl (C=O) groups is 2. The summed E-state index contributed by atoms with van der Waals surface area (Å²) in [5, 5.41) is 14.6. The minimum atomic E-state index is -0.726. The van der Waals surface area contributed by atoms with Gasteiger partial charge in [0.1, 0.15) is 0 Å². The zero-order chi connectivity index (χ0) is 17.5. The fourth-order valence-corrected chi connectivity index (χ4v) is 2.29. The number of carbonyl (C=O) groups excluding carboxylic acids is 2. The lowest BCUT2D eigenvalue weighted by Crippen LogP contribution is -2.36. The summed E-state index contributed by atoms with van der Waals surface area (Å²) < 4.78 is 0. The second kappa shape index (κ2) is 8.47. The Kier molecular flexibility index (Phi) is 6.35. The molecule has 0 aliphatic carbocycles. The molecule has 5 nitrogen and oxygen atoms in total. The highest BCUT2D eigenvalue weighted by Gasteiger charge is 2.14. The Morgan fingerprint density at radius 1 is 1.04 bits per heavy atom. The van der Waals surface area contributed by atoms with Gasteiger partial charge in [-0.2, -0.15) is 0 Å². The monoisotopic (exact) mass is 346 g/mol. The lowest BCUT2D eigenvalue weighted by atomic mass is 10.1. The first kappa shape index (κ1) is 18.0. The van der Waals surface area contributed by atoms with Crippen LogP contribution in [-0.2, 0) is 22.6 Å². The molecule has 0 fully saturated rings. The molecule has 0 atom stereocenters. The standard InChI is InChI=1S/C18H19ClN2O3/c1-12-2-7-15(19)10-16(12)21-18(24)17(23)20-9-8-13-3-5-14(11-22)6-4-13/h2-7,10,22H,8-9,11H2,1H3,(H,20,23)(H,21,24). The smallest absolute Gasteiger partial charge is 0.313 e. The van der Waals surface area contributed by atoms with Gasteiger partial charge in [0.05, 0.1) is 6.61 Å². The zero-order valence-corrected chi connectivity index (χ0v) is 14.1. The molecule has 0 bridgehead atoms. The number of hydrogen-bond acceptors (Lipinski definition) is 3. The fourth-order valence-electron chi connectivity index (χ4n) is 2.12. The van der Waals surface area contributed by atoms with Gasteiger partial charge in [-0.1, -0.05) is 41.9 Å². The van der Waals surface area contributed by atoms with Crippen molar-refractivity contribution in [2.45, 2.75) is 20.0 Å². The van der Waals surface area contributed by atoms with Gasteiger partial charge in [0.2, 0.25) is 0 Å². The highest BCUT2D eigenvalue weighted by molar-refractivity contribution is 6.40. The predicted octanol–water partition coefficient (Wildman–Crippen LogP) is 2.44. The highest BCUT2D eigenvalue weighted by atomic mass is 35.5. The molecule has 2 aromatic carbocycles. The van der Waals surface area contributed by atoms with Crippen molar-refractivity contribution in [1.29, 1.82) is 0 Å². The van der Waals surface area contributed by atoms with Gasteiger partial charge in [0.15, 0.2) is 0 Å². The molecule has 0 spiro atoms. The number of nitrogens with one attached hydrogen (secondary N) is 2. The van der Waals surface area contributed by atoms with Crippen molar-refractivity contribution in [2.75, 3.05) is 11.9 Å². The van der Waals surface area contributed by atoms with Gasteiger partial charge in [0, 0.05) is 17.3 Å². The van der Waals surface area contributed by atoms with Crippen molar-refractivity contribution in [2.24, 2.45) is 0 Å². The number of aliphatic hydroxyl groups is 1. The average Bonchev–Trinajstić information content (AvgIpc) is 2.58. The molecule has 0 heterocycles. The summed E-state index contributed by atoms with van der Waals surface area (Å²) in [6.07, 6.45) is 0.598. The summed E-state index contributed by atoms with van der Waals surface area (Å²) >= 11 is 5.89. The highest BCUT2D eigenvalue weighted by Crippen LogP contribution is 2.19. The van der Waals surface area contributed by atoms with Gasteiger partial charge in [-0.05, 0) is 42.2 Å². The quantitative estimate of drug-likeness (QED) is 0.728. The molecular formula is C18H19ClN2O3. The summed E-state index contributed by atoms with van der Waals surface area (Å²) in [4.78, 5) is 23.8. The second-order valence-corrected chi connectivity index (χ2v) is 5.83. The molecule has 6 heteroatoms. The minimum Gasteiger partial charge on any atom is -0.392 e. The van der Waals surface area contributed by atoms with E-state index < -0.39 is 11.8 Å². The van der Waals surface area contributed by atoms with Gasteiger partial charge in [-0.25, -0.2) is 0 Å². The maximum atomic E-state index is 11.9. The molecule has 0 radical (unpaired) electrons. The first-order valence-electron chi connectivity index (χ1n) is 7.53.